The number of carbonyl (C=O) groups is 3. The average molecular weight is 609 g/mol. The van der Waals surface area contributed by atoms with Gasteiger partial charge in [-0.3, -0.25) is 19.7 Å². The summed E-state index contributed by atoms with van der Waals surface area (Å²) in [6.45, 7) is 0.251. The number of rotatable bonds is 10. The normalized spacial score (nSPS) is 15.3. The molecule has 1 saturated heterocycles. The second kappa shape index (κ2) is 12.5. The first-order chi connectivity index (χ1) is 21.4. The fourth-order valence-corrected chi connectivity index (χ4v) is 5.59. The summed E-state index contributed by atoms with van der Waals surface area (Å²) in [4.78, 5) is 45.6. The van der Waals surface area contributed by atoms with E-state index in [1.807, 2.05) is 54.6 Å². The van der Waals surface area contributed by atoms with Crippen LogP contribution in [0.25, 0.3) is 10.2 Å². The number of aromatic nitrogens is 1. The maximum atomic E-state index is 13.7. The summed E-state index contributed by atoms with van der Waals surface area (Å²) in [5.41, 5.74) is 3.16. The van der Waals surface area contributed by atoms with E-state index in [0.29, 0.717) is 33.6 Å². The Morgan fingerprint density at radius 1 is 0.841 bits per heavy atom. The van der Waals surface area contributed by atoms with Crippen molar-refractivity contribution in [3.8, 4) is 11.5 Å². The molecule has 2 heterocycles. The van der Waals surface area contributed by atoms with E-state index in [9.17, 15) is 14.4 Å². The van der Waals surface area contributed by atoms with Crippen molar-refractivity contribution in [2.75, 3.05) is 29.8 Å². The van der Waals surface area contributed by atoms with Crippen molar-refractivity contribution >= 4 is 55.8 Å². The Bertz CT molecular complexity index is 1790. The second-order valence-corrected chi connectivity index (χ2v) is 11.0. The molecule has 2 N–H and O–H groups in total. The predicted octanol–water partition coefficient (Wildman–Crippen LogP) is 5.51. The number of ether oxygens (including phenoxy) is 3. The molecule has 0 saturated carbocycles. The number of hydrogen-bond acceptors (Lipinski definition) is 8. The molecular formula is C33H28N4O6S. The highest BCUT2D eigenvalue weighted by Crippen LogP contribution is 2.33. The van der Waals surface area contributed by atoms with Gasteiger partial charge in [-0.05, 0) is 54.1 Å². The van der Waals surface area contributed by atoms with Crippen molar-refractivity contribution in [3.05, 3.63) is 108 Å². The molecule has 222 valence electrons. The van der Waals surface area contributed by atoms with Crippen molar-refractivity contribution in [3.63, 3.8) is 0 Å². The maximum absolute atomic E-state index is 13.7. The third-order valence-electron chi connectivity index (χ3n) is 7.05. The predicted molar refractivity (Wildman–Crippen MR) is 168 cm³/mol. The number of hydrogen-bond donors (Lipinski definition) is 2. The lowest BCUT2D eigenvalue weighted by Gasteiger charge is -2.22. The van der Waals surface area contributed by atoms with Crippen molar-refractivity contribution in [2.45, 2.75) is 18.8 Å². The van der Waals surface area contributed by atoms with Crippen LogP contribution in [0, 0.1) is 0 Å². The number of benzene rings is 4. The largest absolute Gasteiger partial charge is 0.493 e. The molecule has 1 aliphatic rings. The molecule has 3 amide bonds. The summed E-state index contributed by atoms with van der Waals surface area (Å²) in [6.07, 6.45) is -1.91. The fourth-order valence-electron chi connectivity index (χ4n) is 4.73. The number of nitrogens with zero attached hydrogens (tertiary/aromatic N) is 2. The minimum absolute atomic E-state index is 0.251. The first-order valence-electron chi connectivity index (χ1n) is 13.7. The molecule has 1 fully saturated rings. The number of carbonyl (C=O) groups excluding carboxylic acids is 3. The molecule has 0 unspecified atom stereocenters. The molecule has 11 heteroatoms. The molecule has 0 bridgehead atoms. The van der Waals surface area contributed by atoms with E-state index < -0.39 is 18.1 Å². The van der Waals surface area contributed by atoms with Crippen LogP contribution in [0.3, 0.4) is 0 Å². The molecule has 1 aliphatic heterocycles. The summed E-state index contributed by atoms with van der Waals surface area (Å²) in [5.74, 6) is -0.141. The van der Waals surface area contributed by atoms with Crippen LogP contribution in [-0.2, 0) is 20.9 Å². The van der Waals surface area contributed by atoms with Crippen LogP contribution in [0.1, 0.15) is 15.9 Å². The molecule has 0 aliphatic carbocycles. The molecule has 5 aromatic rings. The Morgan fingerprint density at radius 2 is 1.57 bits per heavy atom. The molecule has 0 radical (unpaired) electrons. The Kier molecular flexibility index (Phi) is 8.22. The summed E-state index contributed by atoms with van der Waals surface area (Å²) >= 11 is 1.40. The zero-order valence-electron chi connectivity index (χ0n) is 23.9. The number of anilines is 3. The summed E-state index contributed by atoms with van der Waals surface area (Å²) in [7, 11) is 3.03. The number of methoxy groups -OCH3 is 2. The molecular weight excluding hydrogens is 580 g/mol. The molecule has 2 atom stereocenters. The van der Waals surface area contributed by atoms with Crippen molar-refractivity contribution in [1.82, 2.24) is 4.98 Å². The highest BCUT2D eigenvalue weighted by atomic mass is 32.1. The zero-order chi connectivity index (χ0) is 30.6. The van der Waals surface area contributed by atoms with Gasteiger partial charge in [-0.15, -0.1) is 0 Å². The molecule has 10 nitrogen and oxygen atoms in total. The van der Waals surface area contributed by atoms with Gasteiger partial charge in [0.05, 0.1) is 31.0 Å². The molecule has 4 aromatic carbocycles. The SMILES string of the molecule is COc1ccc(NC(=O)[C@H]2O[C@@H]2C(=O)N(Cc2ccccc2)c2ccc(C(=O)Nc3nc4ccccc4s3)cc2)cc1OC. The molecule has 0 spiro atoms. The maximum Gasteiger partial charge on any atom is 0.259 e. The smallest absolute Gasteiger partial charge is 0.259 e. The van der Waals surface area contributed by atoms with Gasteiger partial charge in [-0.2, -0.15) is 0 Å². The van der Waals surface area contributed by atoms with Crippen LogP contribution < -0.4 is 25.0 Å². The van der Waals surface area contributed by atoms with Crippen molar-refractivity contribution < 1.29 is 28.6 Å². The number of thiazole rings is 1. The first-order valence-corrected chi connectivity index (χ1v) is 14.6. The van der Waals surface area contributed by atoms with Gasteiger partial charge in [0.25, 0.3) is 17.7 Å². The third-order valence-corrected chi connectivity index (χ3v) is 8.00. The van der Waals surface area contributed by atoms with E-state index >= 15 is 0 Å². The Hall–Kier alpha value is -5.26. The summed E-state index contributed by atoms with van der Waals surface area (Å²) < 4.78 is 17.1. The van der Waals surface area contributed by atoms with Gasteiger partial charge in [0.1, 0.15) is 0 Å². The lowest BCUT2D eigenvalue weighted by molar-refractivity contribution is -0.120. The minimum Gasteiger partial charge on any atom is -0.493 e. The Balaban J connectivity index is 1.16. The van der Waals surface area contributed by atoms with Gasteiger partial charge in [0.15, 0.2) is 28.8 Å². The lowest BCUT2D eigenvalue weighted by Crippen LogP contribution is -2.36. The zero-order valence-corrected chi connectivity index (χ0v) is 24.7. The van der Waals surface area contributed by atoms with Gasteiger partial charge in [0.2, 0.25) is 0 Å². The van der Waals surface area contributed by atoms with Crippen LogP contribution in [-0.4, -0.2) is 49.1 Å². The Labute approximate surface area is 257 Å². The highest BCUT2D eigenvalue weighted by Gasteiger charge is 2.52. The van der Waals surface area contributed by atoms with E-state index in [0.717, 1.165) is 15.8 Å². The van der Waals surface area contributed by atoms with Crippen LogP contribution in [0.15, 0.2) is 97.1 Å². The monoisotopic (exact) mass is 608 g/mol. The fraction of sp³-hybridized carbons (Fsp3) is 0.152. The van der Waals surface area contributed by atoms with E-state index in [4.69, 9.17) is 14.2 Å². The average Bonchev–Trinajstić information content (AvgIpc) is 3.76. The number of amides is 3. The topological polar surface area (TPSA) is 122 Å². The van der Waals surface area contributed by atoms with Gasteiger partial charge in [-0.25, -0.2) is 4.98 Å². The first kappa shape index (κ1) is 28.8. The number of fused-ring (bicyclic) bond motifs is 1. The Morgan fingerprint density at radius 3 is 2.30 bits per heavy atom. The van der Waals surface area contributed by atoms with Gasteiger partial charge >= 0.3 is 0 Å². The van der Waals surface area contributed by atoms with Gasteiger partial charge < -0.3 is 24.4 Å². The van der Waals surface area contributed by atoms with Gasteiger partial charge in [-0.1, -0.05) is 53.8 Å². The highest BCUT2D eigenvalue weighted by molar-refractivity contribution is 7.22. The minimum atomic E-state index is -0.958. The lowest BCUT2D eigenvalue weighted by atomic mass is 10.1. The van der Waals surface area contributed by atoms with E-state index in [2.05, 4.69) is 15.6 Å². The second-order valence-electron chi connectivity index (χ2n) is 9.93. The van der Waals surface area contributed by atoms with Crippen LogP contribution >= 0.6 is 11.3 Å². The van der Waals surface area contributed by atoms with Crippen LogP contribution in [0.2, 0.25) is 0 Å². The number of para-hydroxylation sites is 1. The quantitative estimate of drug-likeness (QED) is 0.201. The molecule has 6 rings (SSSR count). The third kappa shape index (κ3) is 6.24. The van der Waals surface area contributed by atoms with Crippen LogP contribution in [0.4, 0.5) is 16.5 Å². The molecule has 1 aromatic heterocycles. The van der Waals surface area contributed by atoms with E-state index in [1.165, 1.54) is 25.6 Å². The standard InChI is InChI=1S/C33H28N4O6S/c1-41-25-17-14-22(18-26(25)42-2)34-31(39)28-29(43-28)32(40)37(19-20-8-4-3-5-9-20)23-15-12-21(13-16-23)30(38)36-33-35-24-10-6-7-11-27(24)44-33/h3-18,28-29H,19H2,1-2H3,(H,34,39)(H,35,36,38)/t28-,29-/m0/s1. The van der Waals surface area contributed by atoms with Crippen molar-refractivity contribution in [2.24, 2.45) is 0 Å². The van der Waals surface area contributed by atoms with Crippen molar-refractivity contribution in [1.29, 1.82) is 0 Å². The number of nitrogens with one attached hydrogen (secondary N) is 2. The summed E-state index contributed by atoms with van der Waals surface area (Å²) in [6, 6.07) is 28.9. The van der Waals surface area contributed by atoms with E-state index in [-0.39, 0.29) is 18.4 Å². The van der Waals surface area contributed by atoms with Crippen LogP contribution in [0.5, 0.6) is 11.5 Å². The molecule has 44 heavy (non-hydrogen) atoms. The summed E-state index contributed by atoms with van der Waals surface area (Å²) in [5, 5.41) is 6.12. The van der Waals surface area contributed by atoms with E-state index in [1.54, 1.807) is 47.4 Å². The number of epoxide rings is 1. The van der Waals surface area contributed by atoms with Gasteiger partial charge in [0, 0.05) is 23.0 Å².